The number of aliphatic hydroxyl groups excluding tert-OH is 3. The van der Waals surface area contributed by atoms with Crippen molar-refractivity contribution in [2.24, 2.45) is 5.92 Å². The first-order valence-corrected chi connectivity index (χ1v) is 7.36. The van der Waals surface area contributed by atoms with Gasteiger partial charge in [-0.2, -0.15) is 0 Å². The summed E-state index contributed by atoms with van der Waals surface area (Å²) in [6, 6.07) is 0. The van der Waals surface area contributed by atoms with Crippen LogP contribution in [0, 0.1) is 5.92 Å². The molecule has 0 aliphatic carbocycles. The summed E-state index contributed by atoms with van der Waals surface area (Å²) < 4.78 is 0. The van der Waals surface area contributed by atoms with Crippen molar-refractivity contribution in [2.75, 3.05) is 26.2 Å². The molecule has 0 saturated carbocycles. The van der Waals surface area contributed by atoms with Gasteiger partial charge in [0.2, 0.25) is 0 Å². The summed E-state index contributed by atoms with van der Waals surface area (Å²) in [6.07, 6.45) is 4.96. The Labute approximate surface area is 111 Å². The van der Waals surface area contributed by atoms with Crippen LogP contribution >= 0.6 is 0 Å². The molecular weight excluding hydrogens is 230 g/mol. The topological polar surface area (TPSA) is 63.9 Å². The molecule has 3 atom stereocenters. The monoisotopic (exact) mass is 259 g/mol. The zero-order valence-corrected chi connectivity index (χ0v) is 11.6. The van der Waals surface area contributed by atoms with Crippen LogP contribution in [0.3, 0.4) is 0 Å². The predicted molar refractivity (Wildman–Crippen MR) is 72.4 cm³/mol. The van der Waals surface area contributed by atoms with Crippen LogP contribution in [0.15, 0.2) is 0 Å². The third-order valence-corrected chi connectivity index (χ3v) is 3.87. The van der Waals surface area contributed by atoms with Gasteiger partial charge in [-0.05, 0) is 25.3 Å². The number of rotatable bonds is 9. The second kappa shape index (κ2) is 8.86. The van der Waals surface area contributed by atoms with Crippen molar-refractivity contribution in [3.05, 3.63) is 0 Å². The van der Waals surface area contributed by atoms with Crippen molar-refractivity contribution in [1.82, 2.24) is 4.90 Å². The van der Waals surface area contributed by atoms with E-state index < -0.39 is 12.2 Å². The molecule has 1 rings (SSSR count). The van der Waals surface area contributed by atoms with Gasteiger partial charge >= 0.3 is 0 Å². The minimum atomic E-state index is -0.649. The van der Waals surface area contributed by atoms with Gasteiger partial charge in [0.05, 0.1) is 12.2 Å². The van der Waals surface area contributed by atoms with Crippen molar-refractivity contribution in [2.45, 2.75) is 57.7 Å². The van der Waals surface area contributed by atoms with Crippen molar-refractivity contribution in [3.63, 3.8) is 0 Å². The Kier molecular flexibility index (Phi) is 7.82. The van der Waals surface area contributed by atoms with Gasteiger partial charge in [-0.25, -0.2) is 0 Å². The number of hydrogen-bond donors (Lipinski definition) is 3. The molecule has 108 valence electrons. The molecule has 0 aromatic carbocycles. The maximum atomic E-state index is 9.94. The van der Waals surface area contributed by atoms with Gasteiger partial charge in [0.15, 0.2) is 0 Å². The zero-order chi connectivity index (χ0) is 13.4. The highest BCUT2D eigenvalue weighted by molar-refractivity contribution is 4.79. The van der Waals surface area contributed by atoms with E-state index in [-0.39, 0.29) is 6.61 Å². The molecule has 1 aliphatic rings. The van der Waals surface area contributed by atoms with Gasteiger partial charge in [-0.3, -0.25) is 0 Å². The molecule has 1 heterocycles. The van der Waals surface area contributed by atoms with Crippen LogP contribution in [0.4, 0.5) is 0 Å². The van der Waals surface area contributed by atoms with Crippen LogP contribution in [0.2, 0.25) is 0 Å². The first-order valence-electron chi connectivity index (χ1n) is 7.36. The van der Waals surface area contributed by atoms with E-state index in [9.17, 15) is 10.2 Å². The van der Waals surface area contributed by atoms with E-state index in [2.05, 4.69) is 11.8 Å². The molecule has 0 aromatic rings. The molecule has 1 saturated heterocycles. The summed E-state index contributed by atoms with van der Waals surface area (Å²) in [5.74, 6) is 0.346. The molecule has 4 heteroatoms. The lowest BCUT2D eigenvalue weighted by Gasteiger charge is -2.23. The van der Waals surface area contributed by atoms with E-state index >= 15 is 0 Å². The molecule has 0 aromatic heterocycles. The number of β-amino-alcohol motifs (C(OH)–C–C–N with tert-alkyl or cyclic N) is 1. The van der Waals surface area contributed by atoms with Crippen LogP contribution in [0.25, 0.3) is 0 Å². The Balaban J connectivity index is 2.13. The maximum absolute atomic E-state index is 9.94. The Morgan fingerprint density at radius 1 is 1.17 bits per heavy atom. The number of likely N-dealkylation sites (tertiary alicyclic amines) is 1. The summed E-state index contributed by atoms with van der Waals surface area (Å²) in [7, 11) is 0. The van der Waals surface area contributed by atoms with E-state index in [4.69, 9.17) is 5.11 Å². The fourth-order valence-electron chi connectivity index (χ4n) is 2.59. The molecule has 4 nitrogen and oxygen atoms in total. The Morgan fingerprint density at radius 2 is 1.94 bits per heavy atom. The summed E-state index contributed by atoms with van der Waals surface area (Å²) in [5, 5.41) is 28.9. The molecule has 3 N–H and O–H groups in total. The van der Waals surface area contributed by atoms with E-state index in [0.29, 0.717) is 18.9 Å². The quantitative estimate of drug-likeness (QED) is 0.540. The fraction of sp³-hybridized carbons (Fsp3) is 1.00. The minimum Gasteiger partial charge on any atom is -0.396 e. The number of nitrogens with zero attached hydrogens (tertiary/aromatic N) is 1. The summed E-state index contributed by atoms with van der Waals surface area (Å²) in [6.45, 7) is 4.69. The molecule has 1 aliphatic heterocycles. The third-order valence-electron chi connectivity index (χ3n) is 3.87. The van der Waals surface area contributed by atoms with Crippen molar-refractivity contribution in [1.29, 1.82) is 0 Å². The van der Waals surface area contributed by atoms with E-state index in [1.807, 2.05) is 0 Å². The molecule has 0 amide bonds. The smallest absolute Gasteiger partial charge is 0.0925 e. The van der Waals surface area contributed by atoms with Gasteiger partial charge in [0, 0.05) is 19.7 Å². The highest BCUT2D eigenvalue weighted by atomic mass is 16.3. The summed E-state index contributed by atoms with van der Waals surface area (Å²) in [4.78, 5) is 2.14. The average Bonchev–Trinajstić information content (AvgIpc) is 2.82. The lowest BCUT2D eigenvalue weighted by atomic mass is 10.0. The fourth-order valence-corrected chi connectivity index (χ4v) is 2.59. The molecule has 0 radical (unpaired) electrons. The Hall–Kier alpha value is -0.160. The van der Waals surface area contributed by atoms with Crippen molar-refractivity contribution >= 4 is 0 Å². The molecule has 18 heavy (non-hydrogen) atoms. The first-order chi connectivity index (χ1) is 8.67. The number of aliphatic hydroxyl groups is 3. The average molecular weight is 259 g/mol. The van der Waals surface area contributed by atoms with E-state index in [0.717, 1.165) is 32.4 Å². The lowest BCUT2D eigenvalue weighted by molar-refractivity contribution is -0.00465. The second-order valence-electron chi connectivity index (χ2n) is 5.58. The minimum absolute atomic E-state index is 0.228. The highest BCUT2D eigenvalue weighted by Crippen LogP contribution is 2.17. The van der Waals surface area contributed by atoms with Crippen molar-refractivity contribution < 1.29 is 15.3 Å². The standard InChI is InChI=1S/C14H29NO3/c1-2-3-4-5-6-13(17)14(18)10-15-8-7-12(9-15)11-16/h12-14,16-18H,2-11H2,1H3. The maximum Gasteiger partial charge on any atom is 0.0925 e. The normalized spacial score (nSPS) is 24.3. The SMILES string of the molecule is CCCCCCC(O)C(O)CN1CCC(CO)C1. The molecule has 1 fully saturated rings. The van der Waals surface area contributed by atoms with Gasteiger partial charge < -0.3 is 20.2 Å². The Morgan fingerprint density at radius 3 is 2.56 bits per heavy atom. The van der Waals surface area contributed by atoms with E-state index in [1.54, 1.807) is 0 Å². The molecular formula is C14H29NO3. The number of hydrogen-bond acceptors (Lipinski definition) is 4. The summed E-state index contributed by atoms with van der Waals surface area (Å²) >= 11 is 0. The van der Waals surface area contributed by atoms with Crippen LogP contribution < -0.4 is 0 Å². The largest absolute Gasteiger partial charge is 0.396 e. The Bertz CT molecular complexity index is 213. The molecule has 0 bridgehead atoms. The first kappa shape index (κ1) is 15.9. The van der Waals surface area contributed by atoms with Gasteiger partial charge in [0.1, 0.15) is 0 Å². The van der Waals surface area contributed by atoms with Gasteiger partial charge in [-0.15, -0.1) is 0 Å². The predicted octanol–water partition coefficient (Wildman–Crippen LogP) is 0.993. The van der Waals surface area contributed by atoms with Crippen LogP contribution in [0.1, 0.15) is 45.4 Å². The highest BCUT2D eigenvalue weighted by Gasteiger charge is 2.25. The zero-order valence-electron chi connectivity index (χ0n) is 11.6. The molecule has 3 unspecified atom stereocenters. The van der Waals surface area contributed by atoms with Gasteiger partial charge in [-0.1, -0.05) is 32.6 Å². The number of unbranched alkanes of at least 4 members (excludes halogenated alkanes) is 3. The lowest BCUT2D eigenvalue weighted by Crippen LogP contribution is -2.38. The van der Waals surface area contributed by atoms with Crippen LogP contribution in [-0.2, 0) is 0 Å². The summed E-state index contributed by atoms with van der Waals surface area (Å²) in [5.41, 5.74) is 0. The third kappa shape index (κ3) is 5.65. The van der Waals surface area contributed by atoms with Gasteiger partial charge in [0.25, 0.3) is 0 Å². The van der Waals surface area contributed by atoms with E-state index in [1.165, 1.54) is 12.8 Å². The van der Waals surface area contributed by atoms with Crippen molar-refractivity contribution in [3.8, 4) is 0 Å². The van der Waals surface area contributed by atoms with Crippen LogP contribution in [0.5, 0.6) is 0 Å². The molecule has 0 spiro atoms. The second-order valence-corrected chi connectivity index (χ2v) is 5.58. The van der Waals surface area contributed by atoms with Crippen LogP contribution in [-0.4, -0.2) is 58.7 Å².